The van der Waals surface area contributed by atoms with Crippen LogP contribution in [0, 0.1) is 0 Å². The number of benzene rings is 8. The maximum absolute atomic E-state index is 9.96. The number of aliphatic hydroxyl groups is 4. The van der Waals surface area contributed by atoms with Gasteiger partial charge in [-0.15, -0.1) is 0 Å². The maximum Gasteiger partial charge on any atom is 2.00 e. The van der Waals surface area contributed by atoms with E-state index >= 15 is 0 Å². The number of aromatic nitrogens is 16. The normalized spacial score (nSPS) is 11.8. The molecule has 16 bridgehead atoms. The maximum atomic E-state index is 9.96. The predicted octanol–water partition coefficient (Wildman–Crippen LogP) is 10.7. The summed E-state index contributed by atoms with van der Waals surface area (Å²) in [4.78, 5) is 82.7. The Balaban J connectivity index is 0.00000482. The summed E-state index contributed by atoms with van der Waals surface area (Å²) < 4.78 is 56.1. The SMILES string of the molecule is CCOc1cccc2c1-c1nc-2nc2[n-]c(nc3nc(nc4[n-]c(n1)c1cccc(OCCO)c41)-c1ccccc1-3)c1cccc(OCCCCOc3cccc4c5nc6nc(nc7[n-]c(nc8nc(nc([n-]5)c34)-c3cccc(OCCOCCO)c3-8)c3cccc(OCCO)c73)-c3cccc(OCCOCCO)c3-6)c21.[Zn+2].[Zn+2]. The van der Waals surface area contributed by atoms with Crippen molar-refractivity contribution in [2.75, 3.05) is 99.1 Å². The molecular formula is C82H66N16O13Zn2. The Kier molecular flexibility index (Phi) is 22.1. The van der Waals surface area contributed by atoms with E-state index in [-0.39, 0.29) is 177 Å². The van der Waals surface area contributed by atoms with Gasteiger partial charge in [0, 0.05) is 94.5 Å². The number of hydrogen-bond acceptors (Lipinski definition) is 25. The molecule has 113 heavy (non-hydrogen) atoms. The summed E-state index contributed by atoms with van der Waals surface area (Å²) in [6.45, 7) is 3.07. The average Bonchev–Trinajstić information content (AvgIpc) is 1.60. The van der Waals surface area contributed by atoms with E-state index in [0.717, 1.165) is 11.1 Å². The number of fused-ring (bicyclic) bond motifs is 40. The van der Waals surface area contributed by atoms with Gasteiger partial charge in [0.15, 0.2) is 0 Å². The first-order valence-electron chi connectivity index (χ1n) is 36.3. The third-order valence-electron chi connectivity index (χ3n) is 18.7. The predicted molar refractivity (Wildman–Crippen MR) is 411 cm³/mol. The zero-order chi connectivity index (χ0) is 74.9. The first-order valence-corrected chi connectivity index (χ1v) is 36.3. The number of ether oxygens (including phenoxy) is 9. The Morgan fingerprint density at radius 2 is 0.513 bits per heavy atom. The van der Waals surface area contributed by atoms with Gasteiger partial charge in [-0.25, -0.2) is 19.9 Å². The van der Waals surface area contributed by atoms with Gasteiger partial charge in [0.1, 0.15) is 66.7 Å². The van der Waals surface area contributed by atoms with E-state index in [1.807, 2.05) is 153 Å². The molecule has 556 valence electrons. The monoisotopic (exact) mass is 1610 g/mol. The van der Waals surface area contributed by atoms with E-state index in [0.29, 0.717) is 182 Å². The fraction of sp³-hybridized carbons (Fsp3) is 0.220. The van der Waals surface area contributed by atoms with Crippen molar-refractivity contribution < 1.29 is 102 Å². The molecule has 18 rings (SSSR count). The van der Waals surface area contributed by atoms with Gasteiger partial charge in [0.25, 0.3) is 0 Å². The standard InChI is InChI=1S/C82H66N16O13.2Zn/c1-2-105-53-23-7-16-46-60(53)76-87-70(46)90-78-61-47(69(86-78)84-67-44-14-3-4-15-45(44)68(83-67)85-77-63-49(72(88-76)89-77)19-10-26-56(63)108-38-32-101)17-8-24-54(61)106-34-5-6-35-107-55-25-9-18-48-62(55)79-91-71(48)95-81-66-52(22-13-29-59(66)111-43-41-104-37-31-100)75(98-81)94-80-64-50(20-11-27-57(64)109-39-33-102)73(93-80)96-82-65-51(74(92-79)97-82)21-12-28-58(65)110-42-40-103-36-30-99;;/h3-4,7-29,99-102H,2,5-6,30-43H2,1H3;;/q-4;2*+2. The molecule has 0 aliphatic carbocycles. The first-order chi connectivity index (χ1) is 54.8. The van der Waals surface area contributed by atoms with Gasteiger partial charge >= 0.3 is 39.0 Å². The minimum absolute atomic E-state index is 0. The van der Waals surface area contributed by atoms with E-state index in [1.165, 1.54) is 0 Å². The van der Waals surface area contributed by atoms with Crippen LogP contribution in [0.1, 0.15) is 19.8 Å². The summed E-state index contributed by atoms with van der Waals surface area (Å²) in [5.41, 5.74) is 7.24. The third kappa shape index (κ3) is 14.3. The second-order valence-corrected chi connectivity index (χ2v) is 25.6. The van der Waals surface area contributed by atoms with Crippen LogP contribution in [0.5, 0.6) is 40.2 Å². The Labute approximate surface area is 667 Å². The summed E-state index contributed by atoms with van der Waals surface area (Å²) in [5, 5.41) is 43.4. The van der Waals surface area contributed by atoms with Crippen molar-refractivity contribution >= 4 is 88.3 Å². The van der Waals surface area contributed by atoms with E-state index in [4.69, 9.17) is 122 Å². The molecule has 10 heterocycles. The minimum Gasteiger partial charge on any atom is -0.493 e. The first kappa shape index (κ1) is 75.1. The van der Waals surface area contributed by atoms with Crippen LogP contribution in [-0.4, -0.2) is 179 Å². The van der Waals surface area contributed by atoms with Crippen LogP contribution >= 0.6 is 0 Å². The Morgan fingerprint density at radius 3 is 0.850 bits per heavy atom. The molecule has 4 aliphatic rings. The fourth-order valence-corrected chi connectivity index (χ4v) is 14.0. The van der Waals surface area contributed by atoms with Crippen molar-refractivity contribution in [3.63, 3.8) is 0 Å². The van der Waals surface area contributed by atoms with Crippen LogP contribution in [0.3, 0.4) is 0 Å². The molecule has 29 nitrogen and oxygen atoms in total. The van der Waals surface area contributed by atoms with Crippen molar-refractivity contribution in [3.05, 3.63) is 152 Å². The number of nitrogens with zero attached hydrogens (tertiary/aromatic N) is 16. The van der Waals surface area contributed by atoms with Crippen molar-refractivity contribution in [2.45, 2.75) is 19.8 Å². The second-order valence-electron chi connectivity index (χ2n) is 25.6. The van der Waals surface area contributed by atoms with Gasteiger partial charge in [-0.05, 0) is 83.8 Å². The number of unbranched alkanes of at least 4 members (excludes halogenated alkanes) is 1. The summed E-state index contributed by atoms with van der Waals surface area (Å²) in [6.07, 6.45) is 1.07. The fourth-order valence-electron chi connectivity index (χ4n) is 14.0. The van der Waals surface area contributed by atoms with Gasteiger partial charge < -0.3 is 123 Å². The molecule has 0 radical (unpaired) electrons. The van der Waals surface area contributed by atoms with Gasteiger partial charge in [-0.3, -0.25) is 0 Å². The van der Waals surface area contributed by atoms with E-state index in [2.05, 4.69) is 0 Å². The summed E-state index contributed by atoms with van der Waals surface area (Å²) in [6, 6.07) is 46.8. The van der Waals surface area contributed by atoms with Crippen LogP contribution in [0.25, 0.3) is 179 Å². The molecule has 0 unspecified atom stereocenters. The zero-order valence-electron chi connectivity index (χ0n) is 61.0. The molecule has 0 spiro atoms. The molecular weight excluding hydrogens is 1550 g/mol. The Morgan fingerprint density at radius 1 is 0.248 bits per heavy atom. The second kappa shape index (κ2) is 33.2. The molecule has 4 aliphatic heterocycles. The minimum atomic E-state index is -0.244. The molecule has 8 aromatic carbocycles. The molecule has 31 heteroatoms. The largest absolute Gasteiger partial charge is 2.00 e. The molecule has 0 atom stereocenters. The molecule has 0 fully saturated rings. The van der Waals surface area contributed by atoms with Gasteiger partial charge in [-0.1, -0.05) is 109 Å². The number of hydrogen-bond donors (Lipinski definition) is 4. The summed E-state index contributed by atoms with van der Waals surface area (Å²) in [5.74, 6) is 5.66. The molecule has 6 aromatic heterocycles. The van der Waals surface area contributed by atoms with Crippen molar-refractivity contribution in [3.8, 4) is 131 Å². The third-order valence-corrected chi connectivity index (χ3v) is 18.7. The van der Waals surface area contributed by atoms with E-state index in [1.54, 1.807) is 6.07 Å². The van der Waals surface area contributed by atoms with Gasteiger partial charge in [-0.2, -0.15) is 0 Å². The zero-order valence-corrected chi connectivity index (χ0v) is 66.9. The molecule has 0 saturated carbocycles. The van der Waals surface area contributed by atoms with Crippen LogP contribution in [0.2, 0.25) is 0 Å². The Hall–Kier alpha value is -11.9. The Bertz CT molecular complexity index is 6340. The molecule has 14 aromatic rings. The smallest absolute Gasteiger partial charge is 0.493 e. The van der Waals surface area contributed by atoms with E-state index in [9.17, 15) is 20.4 Å². The number of rotatable bonds is 27. The van der Waals surface area contributed by atoms with Crippen LogP contribution < -0.4 is 53.1 Å². The van der Waals surface area contributed by atoms with E-state index < -0.39 is 0 Å². The topological polar surface area (TPSA) is 375 Å². The quantitative estimate of drug-likeness (QED) is 0.0274. The van der Waals surface area contributed by atoms with Crippen molar-refractivity contribution in [1.29, 1.82) is 0 Å². The van der Waals surface area contributed by atoms with Gasteiger partial charge in [0.05, 0.1) is 136 Å². The number of aliphatic hydroxyl groups excluding tert-OH is 4. The van der Waals surface area contributed by atoms with Crippen LogP contribution in [-0.2, 0) is 48.4 Å². The molecule has 0 amide bonds. The van der Waals surface area contributed by atoms with Crippen molar-refractivity contribution in [1.82, 2.24) is 79.7 Å². The summed E-state index contributed by atoms with van der Waals surface area (Å²) >= 11 is 0. The molecule has 4 N–H and O–H groups in total. The summed E-state index contributed by atoms with van der Waals surface area (Å²) in [7, 11) is 0. The van der Waals surface area contributed by atoms with Crippen molar-refractivity contribution in [2.24, 2.45) is 0 Å². The average molecular weight is 1610 g/mol. The van der Waals surface area contributed by atoms with Crippen LogP contribution in [0.4, 0.5) is 0 Å². The molecule has 0 saturated heterocycles. The van der Waals surface area contributed by atoms with Crippen LogP contribution in [0.15, 0.2) is 152 Å². The van der Waals surface area contributed by atoms with Gasteiger partial charge in [0.2, 0.25) is 0 Å².